The van der Waals surface area contributed by atoms with Crippen LogP contribution in [-0.2, 0) is 10.0 Å². The second-order valence-electron chi connectivity index (χ2n) is 7.95. The van der Waals surface area contributed by atoms with Gasteiger partial charge in [0.15, 0.2) is 0 Å². The summed E-state index contributed by atoms with van der Waals surface area (Å²) in [6.45, 7) is 0. The van der Waals surface area contributed by atoms with Crippen molar-refractivity contribution in [3.8, 4) is 5.75 Å². The van der Waals surface area contributed by atoms with Crippen LogP contribution in [0, 0.1) is 0 Å². The number of nitrogens with two attached hydrogens (primary N) is 1. The number of anilines is 1. The van der Waals surface area contributed by atoms with E-state index in [1.165, 1.54) is 17.5 Å². The first-order valence-corrected chi connectivity index (χ1v) is 12.1. The number of hydrogen-bond donors (Lipinski definition) is 1. The number of hydrogen-bond acceptors (Lipinski definition) is 5. The zero-order valence-electron chi connectivity index (χ0n) is 18.0. The highest BCUT2D eigenvalue weighted by molar-refractivity contribution is 7.89. The van der Waals surface area contributed by atoms with Gasteiger partial charge in [0.1, 0.15) is 5.75 Å². The lowest BCUT2D eigenvalue weighted by molar-refractivity contribution is 0.414. The number of primary sulfonamides is 1. The van der Waals surface area contributed by atoms with E-state index in [0.717, 1.165) is 33.7 Å². The molecule has 0 spiro atoms. The zero-order valence-corrected chi connectivity index (χ0v) is 18.9. The van der Waals surface area contributed by atoms with Crippen molar-refractivity contribution in [2.75, 3.05) is 12.1 Å². The molecule has 0 aliphatic carbocycles. The average molecular weight is 458 g/mol. The molecule has 0 saturated heterocycles. The largest absolute Gasteiger partial charge is 0.497 e. The fraction of sp³-hybridized carbons (Fsp3) is 0.115. The van der Waals surface area contributed by atoms with Gasteiger partial charge in [-0.2, -0.15) is 5.10 Å². The number of nitrogens with zero attached hydrogens (tertiary/aromatic N) is 2. The van der Waals surface area contributed by atoms with Crippen molar-refractivity contribution in [1.29, 1.82) is 0 Å². The first-order valence-electron chi connectivity index (χ1n) is 10.6. The smallest absolute Gasteiger partial charge is 0.238 e. The van der Waals surface area contributed by atoms with Gasteiger partial charge in [-0.3, -0.25) is 5.01 Å². The lowest BCUT2D eigenvalue weighted by Crippen LogP contribution is -2.19. The van der Waals surface area contributed by atoms with Gasteiger partial charge in [-0.25, -0.2) is 13.6 Å². The highest BCUT2D eigenvalue weighted by Crippen LogP contribution is 2.39. The number of methoxy groups -OCH3 is 1. The van der Waals surface area contributed by atoms with Gasteiger partial charge in [-0.15, -0.1) is 0 Å². The molecule has 1 aliphatic rings. The Hall–Kier alpha value is -3.68. The minimum absolute atomic E-state index is 0.0577. The summed E-state index contributed by atoms with van der Waals surface area (Å²) in [6, 6.07) is 28.9. The Morgan fingerprint density at radius 1 is 0.939 bits per heavy atom. The van der Waals surface area contributed by atoms with Gasteiger partial charge in [-0.1, -0.05) is 54.6 Å². The fourth-order valence-electron chi connectivity index (χ4n) is 4.30. The summed E-state index contributed by atoms with van der Waals surface area (Å²) in [5.41, 5.74) is 3.87. The molecule has 0 fully saturated rings. The van der Waals surface area contributed by atoms with Crippen LogP contribution in [0.3, 0.4) is 0 Å². The molecule has 33 heavy (non-hydrogen) atoms. The summed E-state index contributed by atoms with van der Waals surface area (Å²) in [5, 5.41) is 14.5. The van der Waals surface area contributed by atoms with Crippen LogP contribution < -0.4 is 14.9 Å². The van der Waals surface area contributed by atoms with Gasteiger partial charge in [0.25, 0.3) is 0 Å². The number of ether oxygens (including phenoxy) is 1. The molecule has 0 bridgehead atoms. The Labute approximate surface area is 193 Å². The maximum atomic E-state index is 11.7. The third-order valence-corrected chi connectivity index (χ3v) is 6.85. The van der Waals surface area contributed by atoms with Gasteiger partial charge in [0, 0.05) is 12.0 Å². The SMILES string of the molecule is COc1cccc(C2=NN(c3ccc(S(N)(=O)=O)cc3)C(c3cccc4ccccc34)C2)c1. The number of sulfonamides is 1. The van der Waals surface area contributed by atoms with E-state index < -0.39 is 10.0 Å². The van der Waals surface area contributed by atoms with Crippen molar-refractivity contribution >= 4 is 32.2 Å². The minimum Gasteiger partial charge on any atom is -0.497 e. The Morgan fingerprint density at radius 2 is 1.67 bits per heavy atom. The lowest BCUT2D eigenvalue weighted by atomic mass is 9.94. The molecule has 1 heterocycles. The molecule has 166 valence electrons. The van der Waals surface area contributed by atoms with Gasteiger partial charge in [-0.05, 0) is 52.7 Å². The molecule has 4 aromatic rings. The highest BCUT2D eigenvalue weighted by Gasteiger charge is 2.31. The molecule has 7 heteroatoms. The Morgan fingerprint density at radius 3 is 2.42 bits per heavy atom. The van der Waals surface area contributed by atoms with Crippen LogP contribution in [0.25, 0.3) is 10.8 Å². The van der Waals surface area contributed by atoms with E-state index in [-0.39, 0.29) is 10.9 Å². The maximum absolute atomic E-state index is 11.7. The molecular weight excluding hydrogens is 434 g/mol. The molecule has 2 N–H and O–H groups in total. The summed E-state index contributed by atoms with van der Waals surface area (Å²) >= 11 is 0. The Kier molecular flexibility index (Phi) is 5.36. The van der Waals surface area contributed by atoms with E-state index in [9.17, 15) is 8.42 Å². The van der Waals surface area contributed by atoms with Crippen molar-refractivity contribution < 1.29 is 13.2 Å². The van der Waals surface area contributed by atoms with Crippen LogP contribution in [0.5, 0.6) is 5.75 Å². The third kappa shape index (κ3) is 4.08. The standard InChI is InChI=1S/C26H23N3O3S/c1-32-21-9-4-8-19(16-21)25-17-26(24-11-5-7-18-6-2-3-10-23(18)24)29(28-25)20-12-14-22(15-13-20)33(27,30)31/h2-16,26H,17H2,1H3,(H2,27,30,31). The Balaban J connectivity index is 1.62. The number of hydrazone groups is 1. The van der Waals surface area contributed by atoms with Crippen LogP contribution in [0.4, 0.5) is 5.69 Å². The number of rotatable bonds is 5. The second kappa shape index (κ2) is 8.35. The molecule has 0 aromatic heterocycles. The molecule has 0 amide bonds. The van der Waals surface area contributed by atoms with E-state index in [4.69, 9.17) is 15.0 Å². The van der Waals surface area contributed by atoms with Crippen LogP contribution in [0.15, 0.2) is 101 Å². The monoisotopic (exact) mass is 457 g/mol. The summed E-state index contributed by atoms with van der Waals surface area (Å²) in [6.07, 6.45) is 0.693. The minimum atomic E-state index is -3.77. The third-order valence-electron chi connectivity index (χ3n) is 5.93. The molecular formula is C26H23N3O3S. The molecule has 0 saturated carbocycles. The number of fused-ring (bicyclic) bond motifs is 1. The molecule has 1 atom stereocenters. The quantitative estimate of drug-likeness (QED) is 0.464. The van der Waals surface area contributed by atoms with Gasteiger partial charge in [0.2, 0.25) is 10.0 Å². The fourth-order valence-corrected chi connectivity index (χ4v) is 4.81. The van der Waals surface area contributed by atoms with Crippen molar-refractivity contribution in [3.05, 3.63) is 102 Å². The van der Waals surface area contributed by atoms with Crippen LogP contribution in [-0.4, -0.2) is 21.2 Å². The summed E-state index contributed by atoms with van der Waals surface area (Å²) in [5.74, 6) is 0.771. The molecule has 0 radical (unpaired) electrons. The molecule has 4 aromatic carbocycles. The van der Waals surface area contributed by atoms with Crippen molar-refractivity contribution in [3.63, 3.8) is 0 Å². The summed E-state index contributed by atoms with van der Waals surface area (Å²) in [7, 11) is -2.12. The van der Waals surface area contributed by atoms with E-state index >= 15 is 0 Å². The maximum Gasteiger partial charge on any atom is 0.238 e. The van der Waals surface area contributed by atoms with Crippen LogP contribution in [0.2, 0.25) is 0 Å². The predicted molar refractivity (Wildman–Crippen MR) is 131 cm³/mol. The van der Waals surface area contributed by atoms with Crippen molar-refractivity contribution in [2.45, 2.75) is 17.4 Å². The van der Waals surface area contributed by atoms with Gasteiger partial charge >= 0.3 is 0 Å². The highest BCUT2D eigenvalue weighted by atomic mass is 32.2. The predicted octanol–water partition coefficient (Wildman–Crippen LogP) is 4.85. The van der Waals surface area contributed by atoms with E-state index in [1.807, 2.05) is 41.4 Å². The molecule has 1 unspecified atom stereocenters. The van der Waals surface area contributed by atoms with Gasteiger partial charge < -0.3 is 4.74 Å². The second-order valence-corrected chi connectivity index (χ2v) is 9.51. The Bertz CT molecular complexity index is 1460. The van der Waals surface area contributed by atoms with Gasteiger partial charge in [0.05, 0.1) is 29.4 Å². The van der Waals surface area contributed by atoms with E-state index in [1.54, 1.807) is 19.2 Å². The average Bonchev–Trinajstić information content (AvgIpc) is 3.28. The van der Waals surface area contributed by atoms with Crippen molar-refractivity contribution in [1.82, 2.24) is 0 Å². The zero-order chi connectivity index (χ0) is 23.0. The van der Waals surface area contributed by atoms with Crippen molar-refractivity contribution in [2.24, 2.45) is 10.2 Å². The molecule has 6 nitrogen and oxygen atoms in total. The topological polar surface area (TPSA) is 85.0 Å². The summed E-state index contributed by atoms with van der Waals surface area (Å²) in [4.78, 5) is 0.0733. The number of benzene rings is 4. The van der Waals surface area contributed by atoms with E-state index in [2.05, 4.69) is 30.3 Å². The van der Waals surface area contributed by atoms with E-state index in [0.29, 0.717) is 6.42 Å². The van der Waals surface area contributed by atoms with Crippen LogP contribution in [0.1, 0.15) is 23.6 Å². The molecule has 5 rings (SSSR count). The normalized spacial score (nSPS) is 16.1. The van der Waals surface area contributed by atoms with Crippen LogP contribution >= 0.6 is 0 Å². The first kappa shape index (κ1) is 21.2. The summed E-state index contributed by atoms with van der Waals surface area (Å²) < 4.78 is 28.8. The lowest BCUT2D eigenvalue weighted by Gasteiger charge is -2.25. The first-order chi connectivity index (χ1) is 15.9. The molecule has 1 aliphatic heterocycles.